The molecular formula is C12H25NO4S. The summed E-state index contributed by atoms with van der Waals surface area (Å²) in [5.74, 6) is -0.116. The van der Waals surface area contributed by atoms with E-state index in [2.05, 4.69) is 0 Å². The standard InChI is InChI=1S/C12H25NO4S/c1-12(2,3)10(9-18(13,14)15)8-17-11-4-6-16-7-5-11/h10-11H,4-9H2,1-3H3,(H2,13,14,15). The third-order valence-electron chi connectivity index (χ3n) is 3.36. The molecule has 2 N–H and O–H groups in total. The Morgan fingerprint density at radius 3 is 2.33 bits per heavy atom. The highest BCUT2D eigenvalue weighted by Gasteiger charge is 2.29. The Morgan fingerprint density at radius 2 is 1.89 bits per heavy atom. The van der Waals surface area contributed by atoms with E-state index in [0.717, 1.165) is 26.1 Å². The summed E-state index contributed by atoms with van der Waals surface area (Å²) < 4.78 is 33.6. The van der Waals surface area contributed by atoms with Crippen molar-refractivity contribution in [1.29, 1.82) is 0 Å². The van der Waals surface area contributed by atoms with Crippen LogP contribution in [-0.2, 0) is 19.5 Å². The number of hydrogen-bond acceptors (Lipinski definition) is 4. The van der Waals surface area contributed by atoms with Crippen molar-refractivity contribution in [3.63, 3.8) is 0 Å². The van der Waals surface area contributed by atoms with Crippen LogP contribution in [0.1, 0.15) is 33.6 Å². The minimum Gasteiger partial charge on any atom is -0.381 e. The van der Waals surface area contributed by atoms with Gasteiger partial charge in [-0.3, -0.25) is 0 Å². The maximum atomic E-state index is 11.2. The first kappa shape index (κ1) is 15.9. The summed E-state index contributed by atoms with van der Waals surface area (Å²) in [6.45, 7) is 7.91. The lowest BCUT2D eigenvalue weighted by atomic mass is 9.82. The molecule has 0 aromatic heterocycles. The molecular weight excluding hydrogens is 254 g/mol. The van der Waals surface area contributed by atoms with Crippen molar-refractivity contribution in [2.45, 2.75) is 39.7 Å². The molecule has 18 heavy (non-hydrogen) atoms. The summed E-state index contributed by atoms with van der Waals surface area (Å²) in [5, 5.41) is 5.14. The van der Waals surface area contributed by atoms with E-state index in [0.29, 0.717) is 6.61 Å². The van der Waals surface area contributed by atoms with Crippen molar-refractivity contribution >= 4 is 10.0 Å². The summed E-state index contributed by atoms with van der Waals surface area (Å²) in [6, 6.07) is 0. The molecule has 1 heterocycles. The normalized spacial score (nSPS) is 20.9. The largest absolute Gasteiger partial charge is 0.381 e. The van der Waals surface area contributed by atoms with Gasteiger partial charge in [0.1, 0.15) is 0 Å². The molecule has 1 unspecified atom stereocenters. The molecule has 108 valence electrons. The first-order chi connectivity index (χ1) is 8.18. The van der Waals surface area contributed by atoms with Crippen LogP contribution in [0.3, 0.4) is 0 Å². The summed E-state index contributed by atoms with van der Waals surface area (Å²) in [7, 11) is -3.46. The summed E-state index contributed by atoms with van der Waals surface area (Å²) in [4.78, 5) is 0. The van der Waals surface area contributed by atoms with Crippen molar-refractivity contribution in [3.8, 4) is 0 Å². The Kier molecular flexibility index (Phi) is 5.58. The van der Waals surface area contributed by atoms with Crippen LogP contribution in [0.2, 0.25) is 0 Å². The lowest BCUT2D eigenvalue weighted by molar-refractivity contribution is -0.0512. The van der Waals surface area contributed by atoms with Gasteiger partial charge < -0.3 is 9.47 Å². The maximum absolute atomic E-state index is 11.2. The molecule has 0 aromatic rings. The highest BCUT2D eigenvalue weighted by molar-refractivity contribution is 7.89. The number of rotatable bonds is 5. The number of nitrogens with two attached hydrogens (primary N) is 1. The van der Waals surface area contributed by atoms with Gasteiger partial charge in [0.15, 0.2) is 0 Å². The fraction of sp³-hybridized carbons (Fsp3) is 1.00. The summed E-state index contributed by atoms with van der Waals surface area (Å²) in [6.07, 6.45) is 1.95. The van der Waals surface area contributed by atoms with Crippen LogP contribution in [-0.4, -0.2) is 40.1 Å². The predicted octanol–water partition coefficient (Wildman–Crippen LogP) is 1.13. The van der Waals surface area contributed by atoms with Crippen molar-refractivity contribution in [1.82, 2.24) is 0 Å². The van der Waals surface area contributed by atoms with Crippen LogP contribution in [0.25, 0.3) is 0 Å². The number of ether oxygens (including phenoxy) is 2. The molecule has 1 fully saturated rings. The van der Waals surface area contributed by atoms with Gasteiger partial charge in [-0.05, 0) is 18.3 Å². The van der Waals surface area contributed by atoms with Crippen LogP contribution in [0.5, 0.6) is 0 Å². The van der Waals surface area contributed by atoms with Crippen molar-refractivity contribution in [2.75, 3.05) is 25.6 Å². The first-order valence-corrected chi connectivity index (χ1v) is 8.10. The van der Waals surface area contributed by atoms with Crippen molar-refractivity contribution in [3.05, 3.63) is 0 Å². The van der Waals surface area contributed by atoms with E-state index in [4.69, 9.17) is 14.6 Å². The Balaban J connectivity index is 2.51. The van der Waals surface area contributed by atoms with Gasteiger partial charge in [0.05, 0.1) is 18.5 Å². The molecule has 1 aliphatic heterocycles. The first-order valence-electron chi connectivity index (χ1n) is 6.38. The van der Waals surface area contributed by atoms with Gasteiger partial charge in [-0.2, -0.15) is 0 Å². The molecule has 0 radical (unpaired) electrons. The van der Waals surface area contributed by atoms with Gasteiger partial charge in [-0.1, -0.05) is 20.8 Å². The number of primary sulfonamides is 1. The van der Waals surface area contributed by atoms with E-state index in [9.17, 15) is 8.42 Å². The van der Waals surface area contributed by atoms with E-state index in [1.165, 1.54) is 0 Å². The molecule has 1 saturated heterocycles. The number of sulfonamides is 1. The molecule has 1 aliphatic rings. The van der Waals surface area contributed by atoms with E-state index in [1.54, 1.807) is 0 Å². The zero-order valence-corrected chi connectivity index (χ0v) is 12.3. The van der Waals surface area contributed by atoms with Crippen LogP contribution in [0, 0.1) is 11.3 Å². The summed E-state index contributed by atoms with van der Waals surface area (Å²) in [5.41, 5.74) is -0.141. The van der Waals surface area contributed by atoms with Gasteiger partial charge in [0, 0.05) is 19.1 Å². The lowest BCUT2D eigenvalue weighted by Crippen LogP contribution is -2.36. The topological polar surface area (TPSA) is 78.6 Å². The minimum absolute atomic E-state index is 0.0281. The zero-order valence-electron chi connectivity index (χ0n) is 11.5. The molecule has 0 aliphatic carbocycles. The van der Waals surface area contributed by atoms with E-state index in [-0.39, 0.29) is 23.2 Å². The lowest BCUT2D eigenvalue weighted by Gasteiger charge is -2.32. The second kappa shape index (κ2) is 6.32. The van der Waals surface area contributed by atoms with Gasteiger partial charge in [0.2, 0.25) is 10.0 Å². The van der Waals surface area contributed by atoms with Crippen molar-refractivity contribution < 1.29 is 17.9 Å². The minimum atomic E-state index is -3.46. The molecule has 0 spiro atoms. The van der Waals surface area contributed by atoms with Crippen LogP contribution in [0.15, 0.2) is 0 Å². The van der Waals surface area contributed by atoms with Crippen LogP contribution >= 0.6 is 0 Å². The SMILES string of the molecule is CC(C)(C)C(COC1CCOCC1)CS(N)(=O)=O. The summed E-state index contributed by atoms with van der Waals surface area (Å²) >= 11 is 0. The average Bonchev–Trinajstić information content (AvgIpc) is 2.22. The Labute approximate surface area is 110 Å². The Hall–Kier alpha value is -0.170. The maximum Gasteiger partial charge on any atom is 0.209 e. The zero-order chi connectivity index (χ0) is 13.8. The third-order valence-corrected chi connectivity index (χ3v) is 4.23. The predicted molar refractivity (Wildman–Crippen MR) is 70.7 cm³/mol. The van der Waals surface area contributed by atoms with Crippen LogP contribution in [0.4, 0.5) is 0 Å². The molecule has 6 heteroatoms. The fourth-order valence-corrected chi connectivity index (χ4v) is 3.08. The smallest absolute Gasteiger partial charge is 0.209 e. The van der Waals surface area contributed by atoms with Gasteiger partial charge in [-0.15, -0.1) is 0 Å². The van der Waals surface area contributed by atoms with E-state index >= 15 is 0 Å². The molecule has 0 bridgehead atoms. The Morgan fingerprint density at radius 1 is 1.33 bits per heavy atom. The van der Waals surface area contributed by atoms with E-state index in [1.807, 2.05) is 20.8 Å². The second-order valence-electron chi connectivity index (χ2n) is 6.04. The monoisotopic (exact) mass is 279 g/mol. The van der Waals surface area contributed by atoms with E-state index < -0.39 is 10.0 Å². The second-order valence-corrected chi connectivity index (χ2v) is 7.70. The molecule has 0 saturated carbocycles. The molecule has 1 rings (SSSR count). The average molecular weight is 279 g/mol. The van der Waals surface area contributed by atoms with Crippen LogP contribution < -0.4 is 5.14 Å². The Bertz CT molecular complexity index is 342. The highest BCUT2D eigenvalue weighted by atomic mass is 32.2. The fourth-order valence-electron chi connectivity index (χ4n) is 1.92. The highest BCUT2D eigenvalue weighted by Crippen LogP contribution is 2.28. The molecule has 0 aromatic carbocycles. The quantitative estimate of drug-likeness (QED) is 0.818. The number of hydrogen-bond donors (Lipinski definition) is 1. The van der Waals surface area contributed by atoms with Gasteiger partial charge >= 0.3 is 0 Å². The molecule has 5 nitrogen and oxygen atoms in total. The van der Waals surface area contributed by atoms with Gasteiger partial charge in [-0.25, -0.2) is 13.6 Å². The van der Waals surface area contributed by atoms with Crippen molar-refractivity contribution in [2.24, 2.45) is 16.5 Å². The van der Waals surface area contributed by atoms with Gasteiger partial charge in [0.25, 0.3) is 0 Å². The molecule has 1 atom stereocenters. The molecule has 0 amide bonds. The third kappa shape index (κ3) is 6.13.